The molecule has 0 heterocycles. The molecule has 8 heteroatoms. The van der Waals surface area contributed by atoms with E-state index < -0.39 is 6.36 Å². The maximum absolute atomic E-state index is 12.2. The number of alkyl halides is 3. The van der Waals surface area contributed by atoms with Crippen LogP contribution in [0.3, 0.4) is 0 Å². The largest absolute Gasteiger partial charge is 0.573 e. The summed E-state index contributed by atoms with van der Waals surface area (Å²) in [5.41, 5.74) is 6.23. The Morgan fingerprint density at radius 3 is 2.62 bits per heavy atom. The average Bonchev–Trinajstić information content (AvgIpc) is 2.77. The maximum Gasteiger partial charge on any atom is 0.573 e. The van der Waals surface area contributed by atoms with Crippen LogP contribution in [0.15, 0.2) is 22.7 Å². The van der Waals surface area contributed by atoms with Gasteiger partial charge in [-0.3, -0.25) is 4.79 Å². The molecule has 0 aliphatic heterocycles. The topological polar surface area (TPSA) is 64.4 Å². The van der Waals surface area contributed by atoms with Crippen LogP contribution >= 0.6 is 15.9 Å². The van der Waals surface area contributed by atoms with Crippen molar-refractivity contribution in [2.75, 3.05) is 5.32 Å². The lowest BCUT2D eigenvalue weighted by Gasteiger charge is -2.16. The van der Waals surface area contributed by atoms with Crippen molar-refractivity contribution in [2.24, 2.45) is 11.7 Å². The molecule has 1 aromatic carbocycles. The summed E-state index contributed by atoms with van der Waals surface area (Å²) in [4.78, 5) is 12.0. The van der Waals surface area contributed by atoms with Crippen LogP contribution in [0.2, 0.25) is 0 Å². The van der Waals surface area contributed by atoms with Crippen LogP contribution in [-0.4, -0.2) is 18.3 Å². The number of carbonyl (C=O) groups excluding carboxylic acids is 1. The molecule has 2 unspecified atom stereocenters. The Balaban J connectivity index is 2.05. The third-order valence-corrected chi connectivity index (χ3v) is 3.95. The molecule has 1 saturated carbocycles. The van der Waals surface area contributed by atoms with Gasteiger partial charge in [0.15, 0.2) is 0 Å². The number of ether oxygens (including phenoxy) is 1. The van der Waals surface area contributed by atoms with Crippen molar-refractivity contribution >= 4 is 27.5 Å². The molecule has 0 bridgehead atoms. The van der Waals surface area contributed by atoms with Gasteiger partial charge in [-0.25, -0.2) is 0 Å². The van der Waals surface area contributed by atoms with E-state index in [4.69, 9.17) is 5.73 Å². The van der Waals surface area contributed by atoms with E-state index in [1.54, 1.807) is 0 Å². The van der Waals surface area contributed by atoms with Crippen molar-refractivity contribution in [3.8, 4) is 5.75 Å². The summed E-state index contributed by atoms with van der Waals surface area (Å²) in [6.07, 6.45) is -2.32. The molecule has 1 amide bonds. The first-order valence-electron chi connectivity index (χ1n) is 6.38. The number of rotatable bonds is 3. The van der Waals surface area contributed by atoms with Crippen LogP contribution < -0.4 is 15.8 Å². The average molecular weight is 367 g/mol. The number of nitrogens with one attached hydrogen (secondary N) is 1. The molecule has 1 aliphatic rings. The van der Waals surface area contributed by atoms with Gasteiger partial charge in [0.05, 0.1) is 10.4 Å². The predicted octanol–water partition coefficient (Wildman–Crippen LogP) is 3.41. The van der Waals surface area contributed by atoms with E-state index >= 15 is 0 Å². The first-order valence-corrected chi connectivity index (χ1v) is 7.17. The van der Waals surface area contributed by atoms with E-state index in [9.17, 15) is 18.0 Å². The van der Waals surface area contributed by atoms with Crippen molar-refractivity contribution in [2.45, 2.75) is 31.7 Å². The Labute approximate surface area is 128 Å². The van der Waals surface area contributed by atoms with Gasteiger partial charge in [0.2, 0.25) is 5.91 Å². The minimum absolute atomic E-state index is 0.105. The normalized spacial score (nSPS) is 22.1. The molecule has 1 fully saturated rings. The highest BCUT2D eigenvalue weighted by Crippen LogP contribution is 2.33. The number of nitrogens with two attached hydrogens (primary N) is 1. The first-order chi connectivity index (χ1) is 9.76. The van der Waals surface area contributed by atoms with Gasteiger partial charge >= 0.3 is 6.36 Å². The summed E-state index contributed by atoms with van der Waals surface area (Å²) in [6.45, 7) is 0. The van der Waals surface area contributed by atoms with Crippen LogP contribution in [-0.2, 0) is 4.79 Å². The van der Waals surface area contributed by atoms with Crippen molar-refractivity contribution < 1.29 is 22.7 Å². The maximum atomic E-state index is 12.2. The monoisotopic (exact) mass is 366 g/mol. The van der Waals surface area contributed by atoms with Crippen LogP contribution in [0.4, 0.5) is 18.9 Å². The number of anilines is 1. The number of hydrogen-bond acceptors (Lipinski definition) is 3. The lowest BCUT2D eigenvalue weighted by molar-refractivity contribution is -0.274. The number of amides is 1. The van der Waals surface area contributed by atoms with Gasteiger partial charge in [-0.1, -0.05) is 6.42 Å². The van der Waals surface area contributed by atoms with Gasteiger partial charge in [-0.2, -0.15) is 0 Å². The van der Waals surface area contributed by atoms with Crippen LogP contribution in [0.5, 0.6) is 5.75 Å². The van der Waals surface area contributed by atoms with E-state index in [0.29, 0.717) is 5.69 Å². The fourth-order valence-electron chi connectivity index (χ4n) is 2.34. The number of carbonyl (C=O) groups is 1. The summed E-state index contributed by atoms with van der Waals surface area (Å²) >= 11 is 2.98. The lowest BCUT2D eigenvalue weighted by atomic mass is 10.0. The summed E-state index contributed by atoms with van der Waals surface area (Å²) in [5, 5.41) is 2.66. The highest BCUT2D eigenvalue weighted by molar-refractivity contribution is 9.10. The van der Waals surface area contributed by atoms with Gasteiger partial charge in [0.1, 0.15) is 5.75 Å². The Morgan fingerprint density at radius 2 is 2.10 bits per heavy atom. The van der Waals surface area contributed by atoms with E-state index in [2.05, 4.69) is 26.0 Å². The van der Waals surface area contributed by atoms with Gasteiger partial charge in [-0.15, -0.1) is 13.2 Å². The van der Waals surface area contributed by atoms with Gasteiger partial charge in [-0.05, 0) is 47.0 Å². The van der Waals surface area contributed by atoms with Gasteiger partial charge in [0, 0.05) is 11.7 Å². The van der Waals surface area contributed by atoms with Crippen molar-refractivity contribution in [3.63, 3.8) is 0 Å². The predicted molar refractivity (Wildman–Crippen MR) is 74.8 cm³/mol. The smallest absolute Gasteiger partial charge is 0.405 e. The SMILES string of the molecule is NC1CCCC1C(=O)Nc1ccc(OC(F)(F)F)c(Br)c1. The summed E-state index contributed by atoms with van der Waals surface area (Å²) in [6, 6.07) is 3.69. The van der Waals surface area contributed by atoms with Gasteiger partial charge < -0.3 is 15.8 Å². The molecule has 0 radical (unpaired) electrons. The highest BCUT2D eigenvalue weighted by atomic mass is 79.9. The van der Waals surface area contributed by atoms with Crippen molar-refractivity contribution in [3.05, 3.63) is 22.7 Å². The zero-order valence-electron chi connectivity index (χ0n) is 10.9. The molecule has 3 N–H and O–H groups in total. The van der Waals surface area contributed by atoms with E-state index in [-0.39, 0.29) is 28.1 Å². The minimum atomic E-state index is -4.76. The Bertz CT molecular complexity index is 537. The first kappa shape index (κ1) is 16.1. The third-order valence-electron chi connectivity index (χ3n) is 3.33. The van der Waals surface area contributed by atoms with E-state index in [0.717, 1.165) is 25.3 Å². The molecule has 2 atom stereocenters. The fourth-order valence-corrected chi connectivity index (χ4v) is 2.79. The molecular formula is C13H14BrF3N2O2. The molecule has 0 aromatic heterocycles. The van der Waals surface area contributed by atoms with E-state index in [1.165, 1.54) is 12.1 Å². The molecule has 116 valence electrons. The van der Waals surface area contributed by atoms with Crippen LogP contribution in [0.1, 0.15) is 19.3 Å². The Hall–Kier alpha value is -1.28. The highest BCUT2D eigenvalue weighted by Gasteiger charge is 2.32. The summed E-state index contributed by atoms with van der Waals surface area (Å²) in [5.74, 6) is -0.829. The second-order valence-corrected chi connectivity index (χ2v) is 5.74. The molecule has 1 aliphatic carbocycles. The quantitative estimate of drug-likeness (QED) is 0.861. The second-order valence-electron chi connectivity index (χ2n) is 4.88. The second kappa shape index (κ2) is 6.23. The zero-order chi connectivity index (χ0) is 15.6. The van der Waals surface area contributed by atoms with E-state index in [1.807, 2.05) is 0 Å². The molecule has 4 nitrogen and oxygen atoms in total. The molecule has 21 heavy (non-hydrogen) atoms. The van der Waals surface area contributed by atoms with Crippen molar-refractivity contribution in [1.29, 1.82) is 0 Å². The Morgan fingerprint density at radius 1 is 1.38 bits per heavy atom. The Kier molecular flexibility index (Phi) is 4.77. The van der Waals surface area contributed by atoms with Crippen molar-refractivity contribution in [1.82, 2.24) is 0 Å². The molecule has 1 aromatic rings. The molecule has 0 saturated heterocycles. The third kappa shape index (κ3) is 4.34. The minimum Gasteiger partial charge on any atom is -0.405 e. The zero-order valence-corrected chi connectivity index (χ0v) is 12.5. The van der Waals surface area contributed by atoms with Crippen LogP contribution in [0.25, 0.3) is 0 Å². The number of halogens is 4. The summed E-state index contributed by atoms with van der Waals surface area (Å²) in [7, 11) is 0. The fraction of sp³-hybridized carbons (Fsp3) is 0.462. The molecular weight excluding hydrogens is 353 g/mol. The van der Waals surface area contributed by atoms with Crippen LogP contribution in [0, 0.1) is 5.92 Å². The standard InChI is InChI=1S/C13H14BrF3N2O2/c14-9-6-7(4-5-11(9)21-13(15,16)17)19-12(20)8-2-1-3-10(8)18/h4-6,8,10H,1-3,18H2,(H,19,20). The number of benzene rings is 1. The summed E-state index contributed by atoms with van der Waals surface area (Å²) < 4.78 is 40.4. The number of hydrogen-bond donors (Lipinski definition) is 2. The molecule has 0 spiro atoms. The molecule has 2 rings (SSSR count). The van der Waals surface area contributed by atoms with Gasteiger partial charge in [0.25, 0.3) is 0 Å². The lowest BCUT2D eigenvalue weighted by Crippen LogP contribution is -2.34.